The maximum atomic E-state index is 12.6. The van der Waals surface area contributed by atoms with Crippen LogP contribution in [0.5, 0.6) is 0 Å². The van der Waals surface area contributed by atoms with Crippen molar-refractivity contribution in [3.63, 3.8) is 0 Å². The Hall–Kier alpha value is -2.22. The Kier molecular flexibility index (Phi) is 6.67. The van der Waals surface area contributed by atoms with Crippen LogP contribution in [0, 0.1) is 0 Å². The van der Waals surface area contributed by atoms with E-state index in [9.17, 15) is 9.59 Å². The third-order valence-corrected chi connectivity index (χ3v) is 6.45. The molecule has 1 aromatic heterocycles. The Balaban J connectivity index is 1.72. The molecule has 2 heterocycles. The first kappa shape index (κ1) is 23.9. The monoisotopic (exact) mass is 531 g/mol. The predicted molar refractivity (Wildman–Crippen MR) is 133 cm³/mol. The Labute approximate surface area is 207 Å². The highest BCUT2D eigenvalue weighted by Gasteiger charge is 2.35. The van der Waals surface area contributed by atoms with Crippen molar-refractivity contribution in [2.24, 2.45) is 0 Å². The number of piperazine rings is 1. The van der Waals surface area contributed by atoms with Crippen molar-refractivity contribution >= 4 is 51.1 Å². The van der Waals surface area contributed by atoms with Crippen LogP contribution in [0.1, 0.15) is 56.1 Å². The van der Waals surface area contributed by atoms with Gasteiger partial charge in [0.1, 0.15) is 5.60 Å². The van der Waals surface area contributed by atoms with Crippen LogP contribution in [0.4, 0.5) is 4.79 Å². The molecule has 1 fully saturated rings. The summed E-state index contributed by atoms with van der Waals surface area (Å²) in [5.74, 6) is -0.0279. The van der Waals surface area contributed by atoms with Gasteiger partial charge in [-0.05, 0) is 84.6 Å². The van der Waals surface area contributed by atoms with Crippen molar-refractivity contribution in [1.82, 2.24) is 14.8 Å². The number of nitrogens with zero attached hydrogens (tertiary/aromatic N) is 3. The van der Waals surface area contributed by atoms with Crippen LogP contribution < -0.4 is 0 Å². The summed E-state index contributed by atoms with van der Waals surface area (Å²) in [6.45, 7) is 9.58. The van der Waals surface area contributed by atoms with Gasteiger partial charge >= 0.3 is 6.09 Å². The molecule has 8 heteroatoms. The van der Waals surface area contributed by atoms with E-state index in [-0.39, 0.29) is 17.9 Å². The van der Waals surface area contributed by atoms with E-state index in [0.717, 1.165) is 26.9 Å². The molecule has 0 radical (unpaired) electrons. The third kappa shape index (κ3) is 5.15. The van der Waals surface area contributed by atoms with E-state index < -0.39 is 5.60 Å². The number of carbonyl (C=O) groups excluding carboxylic acids is 2. The van der Waals surface area contributed by atoms with E-state index in [1.54, 1.807) is 18.0 Å². The van der Waals surface area contributed by atoms with Crippen LogP contribution in [0.25, 0.3) is 11.6 Å². The van der Waals surface area contributed by atoms with Gasteiger partial charge in [-0.15, -0.1) is 0 Å². The zero-order valence-electron chi connectivity index (χ0n) is 19.2. The lowest BCUT2D eigenvalue weighted by Crippen LogP contribution is -2.51. The molecular weight excluding hydrogens is 506 g/mol. The molecule has 0 spiro atoms. The van der Waals surface area contributed by atoms with E-state index in [1.807, 2.05) is 51.1 Å². The smallest absolute Gasteiger partial charge is 0.410 e. The number of hydrogen-bond acceptors (Lipinski definition) is 5. The molecule has 2 aliphatic rings. The molecule has 1 amide bonds. The van der Waals surface area contributed by atoms with Gasteiger partial charge in [-0.2, -0.15) is 0 Å². The van der Waals surface area contributed by atoms with Crippen molar-refractivity contribution in [1.29, 1.82) is 0 Å². The molecule has 0 unspecified atom stereocenters. The Morgan fingerprint density at radius 2 is 1.85 bits per heavy atom. The minimum Gasteiger partial charge on any atom is -0.444 e. The zero-order chi connectivity index (χ0) is 23.9. The van der Waals surface area contributed by atoms with Crippen LogP contribution >= 0.6 is 27.5 Å². The number of Topliss-reactive ketones (excluding diaryl/α,β-unsaturated/α-hetero) is 1. The first-order valence-corrected chi connectivity index (χ1v) is 12.1. The predicted octanol–water partition coefficient (Wildman–Crippen LogP) is 5.58. The van der Waals surface area contributed by atoms with E-state index in [2.05, 4.69) is 20.8 Å². The molecule has 1 atom stereocenters. The number of aromatic nitrogens is 1. The number of carbonyl (C=O) groups is 2. The largest absolute Gasteiger partial charge is 0.444 e. The molecule has 6 nitrogen and oxygen atoms in total. The second-order valence-corrected chi connectivity index (χ2v) is 10.7. The summed E-state index contributed by atoms with van der Waals surface area (Å²) in [6, 6.07) is 7.51. The first-order chi connectivity index (χ1) is 15.5. The molecular formula is C25H27BrClN3O3. The molecule has 174 valence electrons. The van der Waals surface area contributed by atoms with Crippen LogP contribution in [0.3, 0.4) is 0 Å². The number of benzene rings is 1. The number of hydrogen-bond donors (Lipinski definition) is 0. The second kappa shape index (κ2) is 9.20. The van der Waals surface area contributed by atoms with Gasteiger partial charge in [0.15, 0.2) is 5.78 Å². The van der Waals surface area contributed by atoms with Crippen LogP contribution in [-0.4, -0.2) is 58.4 Å². The summed E-state index contributed by atoms with van der Waals surface area (Å²) >= 11 is 9.86. The standard InChI is InChI=1S/C25H27BrClN3O3/c1-15(31)20-12-16-11-17(26)14-28-22(16)23(19-6-5-18(27)13-21(19)20)29-7-9-30(10-8-29)24(32)33-25(2,3)4/h5-6,11-14,23H,7-10H2,1-4H3/t23-/m1/s1. The maximum absolute atomic E-state index is 12.6. The van der Waals surface area contributed by atoms with Crippen molar-refractivity contribution in [2.75, 3.05) is 26.2 Å². The summed E-state index contributed by atoms with van der Waals surface area (Å²) in [5, 5.41) is 0.578. The van der Waals surface area contributed by atoms with Gasteiger partial charge in [0.05, 0.1) is 11.7 Å². The topological polar surface area (TPSA) is 62.7 Å². The number of amides is 1. The summed E-state index contributed by atoms with van der Waals surface area (Å²) in [5.41, 5.74) is 3.66. The fraction of sp³-hybridized carbons (Fsp3) is 0.400. The molecule has 2 aromatic rings. The van der Waals surface area contributed by atoms with E-state index in [4.69, 9.17) is 21.3 Å². The quantitative estimate of drug-likeness (QED) is 0.505. The second-order valence-electron chi connectivity index (χ2n) is 9.38. The number of ketones is 1. The normalized spacial score (nSPS) is 18.7. The molecule has 0 saturated carbocycles. The Morgan fingerprint density at radius 1 is 1.15 bits per heavy atom. The molecule has 1 aliphatic heterocycles. The first-order valence-electron chi connectivity index (χ1n) is 10.9. The van der Waals surface area contributed by atoms with Gasteiger partial charge in [-0.1, -0.05) is 17.7 Å². The van der Waals surface area contributed by atoms with Gasteiger partial charge in [-0.25, -0.2) is 4.79 Å². The average Bonchev–Trinajstić information content (AvgIpc) is 2.86. The summed E-state index contributed by atoms with van der Waals surface area (Å²) in [4.78, 5) is 34.0. The van der Waals surface area contributed by atoms with Crippen LogP contribution in [0.2, 0.25) is 5.02 Å². The van der Waals surface area contributed by atoms with Crippen LogP contribution in [-0.2, 0) is 9.53 Å². The van der Waals surface area contributed by atoms with Gasteiger partial charge < -0.3 is 9.64 Å². The minimum absolute atomic E-state index is 0.0279. The fourth-order valence-corrected chi connectivity index (χ4v) is 4.86. The number of allylic oxidation sites excluding steroid dienone is 1. The van der Waals surface area contributed by atoms with E-state index in [0.29, 0.717) is 36.8 Å². The molecule has 0 bridgehead atoms. The minimum atomic E-state index is -0.529. The van der Waals surface area contributed by atoms with Crippen molar-refractivity contribution < 1.29 is 14.3 Å². The lowest BCUT2D eigenvalue weighted by molar-refractivity contribution is -0.111. The van der Waals surface area contributed by atoms with Gasteiger partial charge in [-0.3, -0.25) is 14.7 Å². The maximum Gasteiger partial charge on any atom is 0.410 e. The highest BCUT2D eigenvalue weighted by atomic mass is 79.9. The fourth-order valence-electron chi connectivity index (χ4n) is 4.34. The molecule has 33 heavy (non-hydrogen) atoms. The molecule has 1 saturated heterocycles. The number of fused-ring (bicyclic) bond motifs is 2. The van der Waals surface area contributed by atoms with E-state index in [1.165, 1.54) is 0 Å². The Bertz CT molecular complexity index is 1130. The van der Waals surface area contributed by atoms with Crippen molar-refractivity contribution in [3.05, 3.63) is 62.3 Å². The third-order valence-electron chi connectivity index (χ3n) is 5.79. The highest BCUT2D eigenvalue weighted by Crippen LogP contribution is 2.41. The van der Waals surface area contributed by atoms with Crippen LogP contribution in [0.15, 0.2) is 34.9 Å². The number of rotatable bonds is 2. The van der Waals surface area contributed by atoms with Gasteiger partial charge in [0, 0.05) is 47.4 Å². The van der Waals surface area contributed by atoms with Gasteiger partial charge in [0.2, 0.25) is 0 Å². The number of ether oxygens (including phenoxy) is 1. The highest BCUT2D eigenvalue weighted by molar-refractivity contribution is 9.10. The zero-order valence-corrected chi connectivity index (χ0v) is 21.5. The van der Waals surface area contributed by atoms with Crippen molar-refractivity contribution in [3.8, 4) is 0 Å². The summed E-state index contributed by atoms with van der Waals surface area (Å²) < 4.78 is 6.39. The average molecular weight is 533 g/mol. The molecule has 1 aromatic carbocycles. The Morgan fingerprint density at radius 3 is 2.48 bits per heavy atom. The number of pyridine rings is 1. The molecule has 1 aliphatic carbocycles. The lowest BCUT2D eigenvalue weighted by atomic mass is 9.92. The lowest BCUT2D eigenvalue weighted by Gasteiger charge is -2.40. The summed E-state index contributed by atoms with van der Waals surface area (Å²) in [6.07, 6.45) is 3.39. The van der Waals surface area contributed by atoms with E-state index >= 15 is 0 Å². The summed E-state index contributed by atoms with van der Waals surface area (Å²) in [7, 11) is 0. The number of halogens is 2. The SMILES string of the molecule is CC(=O)C1=Cc2cc(Br)cnc2[C@H](N2CCN(C(=O)OC(C)(C)C)CC2)c2ccc(Cl)cc21. The molecule has 4 rings (SSSR count). The van der Waals surface area contributed by atoms with Crippen molar-refractivity contribution in [2.45, 2.75) is 39.3 Å². The van der Waals surface area contributed by atoms with Gasteiger partial charge in [0.25, 0.3) is 0 Å². The molecule has 0 N–H and O–H groups in total.